The van der Waals surface area contributed by atoms with Gasteiger partial charge in [-0.05, 0) is 18.9 Å². The van der Waals surface area contributed by atoms with E-state index < -0.39 is 0 Å². The highest BCUT2D eigenvalue weighted by Crippen LogP contribution is 2.07. The summed E-state index contributed by atoms with van der Waals surface area (Å²) in [5.41, 5.74) is 2.41. The molecule has 1 aromatic carbocycles. The molecule has 0 aromatic heterocycles. The van der Waals surface area contributed by atoms with Crippen LogP contribution < -0.4 is 0 Å². The normalized spacial score (nSPS) is 11.7. The van der Waals surface area contributed by atoms with Gasteiger partial charge in [0.15, 0.2) is 0 Å². The predicted octanol–water partition coefficient (Wildman–Crippen LogP) is 2.47. The standard InChI is InChI=1S/C11H14O/c1-10(7-8-12)9-11-5-3-2-4-6-11/h2-6,9,12H,7-8H2,1H3/b10-9+. The van der Waals surface area contributed by atoms with Crippen LogP contribution >= 0.6 is 0 Å². The molecule has 0 heterocycles. The van der Waals surface area contributed by atoms with E-state index in [-0.39, 0.29) is 6.61 Å². The zero-order valence-corrected chi connectivity index (χ0v) is 7.33. The summed E-state index contributed by atoms with van der Waals surface area (Å²) in [6.07, 6.45) is 2.85. The van der Waals surface area contributed by atoms with Crippen LogP contribution in [0.1, 0.15) is 18.9 Å². The molecule has 0 bridgehead atoms. The zero-order valence-electron chi connectivity index (χ0n) is 7.33. The van der Waals surface area contributed by atoms with Gasteiger partial charge in [0.1, 0.15) is 0 Å². The minimum Gasteiger partial charge on any atom is -0.396 e. The monoisotopic (exact) mass is 162 g/mol. The van der Waals surface area contributed by atoms with Crippen molar-refractivity contribution >= 4 is 6.08 Å². The fourth-order valence-corrected chi connectivity index (χ4v) is 1.08. The summed E-state index contributed by atoms with van der Waals surface area (Å²) >= 11 is 0. The van der Waals surface area contributed by atoms with Crippen molar-refractivity contribution < 1.29 is 5.11 Å². The summed E-state index contributed by atoms with van der Waals surface area (Å²) in [4.78, 5) is 0. The molecule has 1 aromatic rings. The number of hydrogen-bond donors (Lipinski definition) is 1. The summed E-state index contributed by atoms with van der Waals surface area (Å²) in [6, 6.07) is 10.1. The molecule has 0 saturated heterocycles. The highest BCUT2D eigenvalue weighted by atomic mass is 16.2. The first-order valence-electron chi connectivity index (χ1n) is 4.16. The molecule has 0 atom stereocenters. The van der Waals surface area contributed by atoms with Gasteiger partial charge in [0.25, 0.3) is 0 Å². The van der Waals surface area contributed by atoms with Crippen molar-refractivity contribution in [3.63, 3.8) is 0 Å². The Morgan fingerprint density at radius 2 is 2.00 bits per heavy atom. The summed E-state index contributed by atoms with van der Waals surface area (Å²) in [7, 11) is 0. The molecular weight excluding hydrogens is 148 g/mol. The van der Waals surface area contributed by atoms with Gasteiger partial charge < -0.3 is 5.11 Å². The molecule has 0 saturated carbocycles. The van der Waals surface area contributed by atoms with Crippen molar-refractivity contribution in [3.05, 3.63) is 41.5 Å². The number of hydrogen-bond acceptors (Lipinski definition) is 1. The predicted molar refractivity (Wildman–Crippen MR) is 51.8 cm³/mol. The van der Waals surface area contributed by atoms with Crippen LogP contribution in [0.4, 0.5) is 0 Å². The second-order valence-corrected chi connectivity index (χ2v) is 2.87. The SMILES string of the molecule is C/C(=C\c1ccccc1)CCO. The van der Waals surface area contributed by atoms with Crippen LogP contribution in [0.25, 0.3) is 6.08 Å². The average Bonchev–Trinajstić information content (AvgIpc) is 2.06. The zero-order chi connectivity index (χ0) is 8.81. The molecule has 0 aliphatic carbocycles. The van der Waals surface area contributed by atoms with Crippen molar-refractivity contribution in [1.82, 2.24) is 0 Å². The fourth-order valence-electron chi connectivity index (χ4n) is 1.08. The topological polar surface area (TPSA) is 20.2 Å². The van der Waals surface area contributed by atoms with Gasteiger partial charge in [-0.15, -0.1) is 0 Å². The molecule has 0 aliphatic rings. The molecule has 0 amide bonds. The highest BCUT2D eigenvalue weighted by molar-refractivity contribution is 5.51. The van der Waals surface area contributed by atoms with Gasteiger partial charge >= 0.3 is 0 Å². The van der Waals surface area contributed by atoms with Gasteiger partial charge in [0, 0.05) is 6.61 Å². The Bertz CT molecular complexity index is 249. The van der Waals surface area contributed by atoms with Crippen LogP contribution in [0.5, 0.6) is 0 Å². The molecule has 1 N–H and O–H groups in total. The molecule has 1 rings (SSSR count). The van der Waals surface area contributed by atoms with Crippen LogP contribution in [0.3, 0.4) is 0 Å². The van der Waals surface area contributed by atoms with Crippen LogP contribution in [-0.2, 0) is 0 Å². The smallest absolute Gasteiger partial charge is 0.0468 e. The number of aliphatic hydroxyl groups is 1. The van der Waals surface area contributed by atoms with Gasteiger partial charge in [-0.1, -0.05) is 42.0 Å². The molecule has 0 unspecified atom stereocenters. The van der Waals surface area contributed by atoms with Gasteiger partial charge in [0.2, 0.25) is 0 Å². The van der Waals surface area contributed by atoms with E-state index in [1.165, 1.54) is 11.1 Å². The maximum atomic E-state index is 8.67. The third-order valence-electron chi connectivity index (χ3n) is 1.72. The second kappa shape index (κ2) is 4.73. The molecular formula is C11H14O. The van der Waals surface area contributed by atoms with Crippen molar-refractivity contribution in [3.8, 4) is 0 Å². The van der Waals surface area contributed by atoms with Crippen LogP contribution in [0.2, 0.25) is 0 Å². The second-order valence-electron chi connectivity index (χ2n) is 2.87. The van der Waals surface area contributed by atoms with E-state index in [1.807, 2.05) is 25.1 Å². The Balaban J connectivity index is 2.67. The van der Waals surface area contributed by atoms with Crippen molar-refractivity contribution in [2.75, 3.05) is 6.61 Å². The van der Waals surface area contributed by atoms with Gasteiger partial charge in [-0.25, -0.2) is 0 Å². The lowest BCUT2D eigenvalue weighted by molar-refractivity contribution is 0.299. The first kappa shape index (κ1) is 9.01. The molecule has 0 aliphatic heterocycles. The van der Waals surface area contributed by atoms with E-state index in [4.69, 9.17) is 5.11 Å². The molecule has 12 heavy (non-hydrogen) atoms. The van der Waals surface area contributed by atoms with Gasteiger partial charge in [-0.2, -0.15) is 0 Å². The molecule has 1 heteroatoms. The largest absolute Gasteiger partial charge is 0.396 e. The quantitative estimate of drug-likeness (QED) is 0.724. The van der Waals surface area contributed by atoms with Crippen molar-refractivity contribution in [2.24, 2.45) is 0 Å². The maximum Gasteiger partial charge on any atom is 0.0468 e. The lowest BCUT2D eigenvalue weighted by Gasteiger charge is -1.97. The number of aliphatic hydroxyl groups excluding tert-OH is 1. The van der Waals surface area contributed by atoms with E-state index in [0.29, 0.717) is 0 Å². The Labute approximate surface area is 73.4 Å². The summed E-state index contributed by atoms with van der Waals surface area (Å²) < 4.78 is 0. The average molecular weight is 162 g/mol. The third kappa shape index (κ3) is 2.89. The van der Waals surface area contributed by atoms with E-state index in [2.05, 4.69) is 18.2 Å². The first-order valence-corrected chi connectivity index (χ1v) is 4.16. The third-order valence-corrected chi connectivity index (χ3v) is 1.72. The van der Waals surface area contributed by atoms with Crippen molar-refractivity contribution in [2.45, 2.75) is 13.3 Å². The molecule has 64 valence electrons. The molecule has 0 radical (unpaired) electrons. The first-order chi connectivity index (χ1) is 5.83. The minimum absolute atomic E-state index is 0.231. The van der Waals surface area contributed by atoms with E-state index >= 15 is 0 Å². The van der Waals surface area contributed by atoms with Crippen LogP contribution in [-0.4, -0.2) is 11.7 Å². The Morgan fingerprint density at radius 3 is 2.58 bits per heavy atom. The minimum atomic E-state index is 0.231. The van der Waals surface area contributed by atoms with Crippen LogP contribution in [0.15, 0.2) is 35.9 Å². The van der Waals surface area contributed by atoms with Gasteiger partial charge in [-0.3, -0.25) is 0 Å². The maximum absolute atomic E-state index is 8.67. The summed E-state index contributed by atoms with van der Waals surface area (Å²) in [5, 5.41) is 8.67. The lowest BCUT2D eigenvalue weighted by Crippen LogP contribution is -1.83. The molecule has 0 fully saturated rings. The number of benzene rings is 1. The fraction of sp³-hybridized carbons (Fsp3) is 0.273. The van der Waals surface area contributed by atoms with Crippen LogP contribution in [0, 0.1) is 0 Å². The highest BCUT2D eigenvalue weighted by Gasteiger charge is 1.88. The van der Waals surface area contributed by atoms with Crippen molar-refractivity contribution in [1.29, 1.82) is 0 Å². The summed E-state index contributed by atoms with van der Waals surface area (Å²) in [5.74, 6) is 0. The Hall–Kier alpha value is -1.08. The lowest BCUT2D eigenvalue weighted by atomic mass is 10.1. The Morgan fingerprint density at radius 1 is 1.33 bits per heavy atom. The summed E-state index contributed by atoms with van der Waals surface area (Å²) in [6.45, 7) is 2.26. The van der Waals surface area contributed by atoms with E-state index in [0.717, 1.165) is 6.42 Å². The molecule has 0 spiro atoms. The Kier molecular flexibility index (Phi) is 3.55. The van der Waals surface area contributed by atoms with E-state index in [1.54, 1.807) is 0 Å². The van der Waals surface area contributed by atoms with E-state index in [9.17, 15) is 0 Å². The van der Waals surface area contributed by atoms with Gasteiger partial charge in [0.05, 0.1) is 0 Å². The number of rotatable bonds is 3. The molecule has 1 nitrogen and oxygen atoms in total.